The molecule has 1 saturated carbocycles. The maximum atomic E-state index is 13.0. The summed E-state index contributed by atoms with van der Waals surface area (Å²) in [6.45, 7) is 0. The Labute approximate surface area is 122 Å². The molecule has 1 N–H and O–H groups in total. The first-order valence-corrected chi connectivity index (χ1v) is 7.55. The summed E-state index contributed by atoms with van der Waals surface area (Å²) in [7, 11) is 0. The van der Waals surface area contributed by atoms with Crippen LogP contribution in [0, 0.1) is 0 Å². The lowest BCUT2D eigenvalue weighted by Crippen LogP contribution is -2.20. The first kappa shape index (κ1) is 14.2. The van der Waals surface area contributed by atoms with Gasteiger partial charge in [0.25, 0.3) is 6.43 Å². The average Bonchev–Trinajstić information content (AvgIpc) is 2.75. The molecule has 5 heteroatoms. The molecule has 1 aromatic heterocycles. The van der Waals surface area contributed by atoms with Crippen molar-refractivity contribution in [2.45, 2.75) is 51.0 Å². The lowest BCUT2D eigenvalue weighted by atomic mass is 10.1. The van der Waals surface area contributed by atoms with E-state index in [1.165, 1.54) is 25.7 Å². The van der Waals surface area contributed by atoms with Crippen LogP contribution in [0.5, 0.6) is 0 Å². The second kappa shape index (κ2) is 6.33. The number of halogens is 2. The Bertz CT molecular complexity index is 607. The van der Waals surface area contributed by atoms with E-state index in [0.717, 1.165) is 18.2 Å². The molecule has 0 saturated heterocycles. The van der Waals surface area contributed by atoms with Gasteiger partial charge in [-0.1, -0.05) is 37.8 Å². The zero-order valence-electron chi connectivity index (χ0n) is 11.9. The van der Waals surface area contributed by atoms with E-state index in [1.54, 1.807) is 12.1 Å². The quantitative estimate of drug-likeness (QED) is 0.833. The third kappa shape index (κ3) is 3.28. The number of fused-ring (bicyclic) bond motifs is 1. The van der Waals surface area contributed by atoms with Crippen molar-refractivity contribution in [1.29, 1.82) is 0 Å². The van der Waals surface area contributed by atoms with Gasteiger partial charge in [0.1, 0.15) is 5.82 Å². The summed E-state index contributed by atoms with van der Waals surface area (Å²) in [6, 6.07) is 7.63. The highest BCUT2D eigenvalue weighted by Gasteiger charge is 2.18. The van der Waals surface area contributed by atoms with Crippen LogP contribution in [0.25, 0.3) is 10.9 Å². The number of benzene rings is 1. The van der Waals surface area contributed by atoms with Crippen molar-refractivity contribution in [3.05, 3.63) is 30.1 Å². The van der Waals surface area contributed by atoms with Gasteiger partial charge in [0.2, 0.25) is 0 Å². The summed E-state index contributed by atoms with van der Waals surface area (Å²) in [4.78, 5) is 8.00. The summed E-state index contributed by atoms with van der Waals surface area (Å²) in [5, 5.41) is 4.19. The van der Waals surface area contributed by atoms with Crippen molar-refractivity contribution >= 4 is 16.7 Å². The molecule has 21 heavy (non-hydrogen) atoms. The van der Waals surface area contributed by atoms with Gasteiger partial charge in [0.15, 0.2) is 5.82 Å². The van der Waals surface area contributed by atoms with Crippen molar-refractivity contribution in [1.82, 2.24) is 9.97 Å². The molecule has 1 heterocycles. The number of alkyl halides is 2. The van der Waals surface area contributed by atoms with Crippen molar-refractivity contribution < 1.29 is 8.78 Å². The van der Waals surface area contributed by atoms with Crippen LogP contribution in [0.2, 0.25) is 0 Å². The van der Waals surface area contributed by atoms with E-state index in [2.05, 4.69) is 15.3 Å². The Hall–Kier alpha value is -1.78. The summed E-state index contributed by atoms with van der Waals surface area (Å²) < 4.78 is 25.9. The van der Waals surface area contributed by atoms with E-state index in [4.69, 9.17) is 0 Å². The van der Waals surface area contributed by atoms with Crippen LogP contribution in [0.3, 0.4) is 0 Å². The number of para-hydroxylation sites is 1. The van der Waals surface area contributed by atoms with E-state index < -0.39 is 12.2 Å². The highest BCUT2D eigenvalue weighted by Crippen LogP contribution is 2.27. The summed E-state index contributed by atoms with van der Waals surface area (Å²) in [5.41, 5.74) is 0.568. The summed E-state index contributed by atoms with van der Waals surface area (Å²) in [6.07, 6.45) is 4.37. The molecule has 1 aliphatic rings. The van der Waals surface area contributed by atoms with E-state index in [9.17, 15) is 8.78 Å². The summed E-state index contributed by atoms with van der Waals surface area (Å²) in [5.74, 6) is 0.146. The van der Waals surface area contributed by atoms with Crippen molar-refractivity contribution in [2.24, 2.45) is 0 Å². The SMILES string of the molecule is FC(F)c1nc(NC2CCCCCC2)c2ccccc2n1. The molecule has 2 aromatic rings. The van der Waals surface area contributed by atoms with E-state index in [0.29, 0.717) is 17.4 Å². The van der Waals surface area contributed by atoms with Crippen LogP contribution in [0.4, 0.5) is 14.6 Å². The van der Waals surface area contributed by atoms with Crippen LogP contribution < -0.4 is 5.32 Å². The van der Waals surface area contributed by atoms with E-state index in [1.807, 2.05) is 12.1 Å². The van der Waals surface area contributed by atoms with Crippen LogP contribution in [-0.4, -0.2) is 16.0 Å². The predicted octanol–water partition coefficient (Wildman–Crippen LogP) is 4.70. The third-order valence-corrected chi connectivity index (χ3v) is 4.01. The number of nitrogens with one attached hydrogen (secondary N) is 1. The zero-order valence-corrected chi connectivity index (χ0v) is 11.9. The van der Waals surface area contributed by atoms with Gasteiger partial charge >= 0.3 is 0 Å². The van der Waals surface area contributed by atoms with Gasteiger partial charge in [-0.2, -0.15) is 0 Å². The number of nitrogens with zero attached hydrogens (tertiary/aromatic N) is 2. The van der Waals surface area contributed by atoms with Gasteiger partial charge in [-0.25, -0.2) is 18.7 Å². The second-order valence-corrected chi connectivity index (χ2v) is 5.58. The molecule has 0 amide bonds. The number of hydrogen-bond donors (Lipinski definition) is 1. The third-order valence-electron chi connectivity index (χ3n) is 4.01. The molecule has 0 radical (unpaired) electrons. The topological polar surface area (TPSA) is 37.8 Å². The zero-order chi connectivity index (χ0) is 14.7. The molecule has 112 valence electrons. The predicted molar refractivity (Wildman–Crippen MR) is 79.6 cm³/mol. The average molecular weight is 291 g/mol. The van der Waals surface area contributed by atoms with Crippen LogP contribution in [0.15, 0.2) is 24.3 Å². The van der Waals surface area contributed by atoms with E-state index >= 15 is 0 Å². The van der Waals surface area contributed by atoms with E-state index in [-0.39, 0.29) is 0 Å². The van der Waals surface area contributed by atoms with Crippen LogP contribution in [-0.2, 0) is 0 Å². The molecular formula is C16H19F2N3. The second-order valence-electron chi connectivity index (χ2n) is 5.58. The van der Waals surface area contributed by atoms with Crippen molar-refractivity contribution in [3.63, 3.8) is 0 Å². The Morgan fingerprint density at radius 1 is 1.00 bits per heavy atom. The lowest BCUT2D eigenvalue weighted by Gasteiger charge is -2.18. The van der Waals surface area contributed by atoms with Crippen molar-refractivity contribution in [2.75, 3.05) is 5.32 Å². The van der Waals surface area contributed by atoms with Gasteiger partial charge in [-0.3, -0.25) is 0 Å². The molecule has 1 aromatic carbocycles. The first-order chi connectivity index (χ1) is 10.2. The van der Waals surface area contributed by atoms with Crippen LogP contribution >= 0.6 is 0 Å². The van der Waals surface area contributed by atoms with Gasteiger partial charge in [-0.05, 0) is 25.0 Å². The molecule has 1 aliphatic carbocycles. The van der Waals surface area contributed by atoms with Crippen molar-refractivity contribution in [3.8, 4) is 0 Å². The fourth-order valence-corrected chi connectivity index (χ4v) is 2.92. The highest BCUT2D eigenvalue weighted by molar-refractivity contribution is 5.89. The van der Waals surface area contributed by atoms with Gasteiger partial charge in [0.05, 0.1) is 5.52 Å². The minimum Gasteiger partial charge on any atom is -0.367 e. The Morgan fingerprint density at radius 2 is 1.71 bits per heavy atom. The fourth-order valence-electron chi connectivity index (χ4n) is 2.92. The van der Waals surface area contributed by atoms with Gasteiger partial charge < -0.3 is 5.32 Å². The standard InChI is InChI=1S/C16H19F2N3/c17-14(18)16-20-13-10-6-5-9-12(13)15(21-16)19-11-7-3-1-2-4-8-11/h5-6,9-11,14H,1-4,7-8H2,(H,19,20,21). The normalized spacial score (nSPS) is 17.1. The monoisotopic (exact) mass is 291 g/mol. The minimum absolute atomic E-state index is 0.316. The largest absolute Gasteiger partial charge is 0.367 e. The minimum atomic E-state index is -2.65. The highest BCUT2D eigenvalue weighted by atomic mass is 19.3. The Balaban J connectivity index is 1.95. The van der Waals surface area contributed by atoms with Gasteiger partial charge in [-0.15, -0.1) is 0 Å². The molecule has 0 spiro atoms. The first-order valence-electron chi connectivity index (χ1n) is 7.55. The maximum absolute atomic E-state index is 13.0. The number of anilines is 1. The fraction of sp³-hybridized carbons (Fsp3) is 0.500. The maximum Gasteiger partial charge on any atom is 0.297 e. The number of hydrogen-bond acceptors (Lipinski definition) is 3. The Morgan fingerprint density at radius 3 is 2.43 bits per heavy atom. The molecule has 0 unspecified atom stereocenters. The Kier molecular flexibility index (Phi) is 4.27. The summed E-state index contributed by atoms with van der Waals surface area (Å²) >= 11 is 0. The molecule has 3 nitrogen and oxygen atoms in total. The molecule has 0 atom stereocenters. The lowest BCUT2D eigenvalue weighted by molar-refractivity contribution is 0.141. The van der Waals surface area contributed by atoms with Gasteiger partial charge in [0, 0.05) is 11.4 Å². The molecule has 0 aliphatic heterocycles. The molecular weight excluding hydrogens is 272 g/mol. The molecule has 3 rings (SSSR count). The number of rotatable bonds is 3. The smallest absolute Gasteiger partial charge is 0.297 e. The molecule has 1 fully saturated rings. The van der Waals surface area contributed by atoms with Crippen LogP contribution in [0.1, 0.15) is 50.8 Å². The molecule has 0 bridgehead atoms. The number of aromatic nitrogens is 2.